The molecule has 0 saturated heterocycles. The summed E-state index contributed by atoms with van der Waals surface area (Å²) in [5.41, 5.74) is 2.59. The molecule has 166 valence electrons. The monoisotopic (exact) mass is 455 g/mol. The number of aromatic nitrogens is 1. The van der Waals surface area contributed by atoms with E-state index in [2.05, 4.69) is 72.2 Å². The number of carbonyl (C=O) groups excluding carboxylic acids is 1. The molecule has 1 unspecified atom stereocenters. The Balaban J connectivity index is 1.49. The van der Waals surface area contributed by atoms with E-state index < -0.39 is 0 Å². The van der Waals surface area contributed by atoms with Crippen LogP contribution in [0.4, 0.5) is 0 Å². The standard InChI is InChI=1S/C25H33N3OS2/c1-6-19(23-17-31-25(26-3)28(23)5)11-13-27(4)24(29)12-14-30-22-10-9-20-15-18(2)7-8-21(20)16-22/h7-10,15-17,19H,6,11-14H2,1-5H3. The fourth-order valence-corrected chi connectivity index (χ4v) is 5.70. The van der Waals surface area contributed by atoms with Gasteiger partial charge in [-0.25, -0.2) is 0 Å². The van der Waals surface area contributed by atoms with Crippen molar-refractivity contribution in [1.29, 1.82) is 0 Å². The zero-order valence-corrected chi connectivity index (χ0v) is 20.9. The smallest absolute Gasteiger partial charge is 0.223 e. The molecule has 31 heavy (non-hydrogen) atoms. The van der Waals surface area contributed by atoms with Crippen LogP contribution in [-0.4, -0.2) is 41.8 Å². The van der Waals surface area contributed by atoms with Crippen LogP contribution in [-0.2, 0) is 11.8 Å². The number of nitrogens with zero attached hydrogens (tertiary/aromatic N) is 3. The molecule has 0 saturated carbocycles. The molecule has 1 aromatic heterocycles. The minimum atomic E-state index is 0.220. The van der Waals surface area contributed by atoms with E-state index in [4.69, 9.17) is 0 Å². The third-order valence-electron chi connectivity index (χ3n) is 5.85. The maximum absolute atomic E-state index is 12.6. The summed E-state index contributed by atoms with van der Waals surface area (Å²) in [5, 5.41) is 4.73. The summed E-state index contributed by atoms with van der Waals surface area (Å²) < 4.78 is 2.18. The lowest BCUT2D eigenvalue weighted by atomic mass is 9.99. The van der Waals surface area contributed by atoms with E-state index in [1.807, 2.05) is 19.0 Å². The molecule has 3 rings (SSSR count). The lowest BCUT2D eigenvalue weighted by Crippen LogP contribution is -2.29. The average Bonchev–Trinajstić information content (AvgIpc) is 3.14. The number of benzene rings is 2. The van der Waals surface area contributed by atoms with Crippen molar-refractivity contribution in [2.24, 2.45) is 12.0 Å². The molecule has 1 amide bonds. The first-order valence-electron chi connectivity index (χ1n) is 10.9. The van der Waals surface area contributed by atoms with E-state index >= 15 is 0 Å². The first kappa shape index (κ1) is 23.6. The van der Waals surface area contributed by atoms with Crippen molar-refractivity contribution in [1.82, 2.24) is 9.47 Å². The van der Waals surface area contributed by atoms with Gasteiger partial charge in [0.15, 0.2) is 4.80 Å². The molecule has 1 atom stereocenters. The van der Waals surface area contributed by atoms with Gasteiger partial charge in [-0.15, -0.1) is 23.1 Å². The molecule has 0 radical (unpaired) electrons. The maximum Gasteiger partial charge on any atom is 0.223 e. The van der Waals surface area contributed by atoms with Gasteiger partial charge in [0.25, 0.3) is 0 Å². The number of rotatable bonds is 9. The molecule has 0 bridgehead atoms. The van der Waals surface area contributed by atoms with Gasteiger partial charge in [-0.2, -0.15) is 0 Å². The van der Waals surface area contributed by atoms with Crippen molar-refractivity contribution in [2.75, 3.05) is 26.4 Å². The largest absolute Gasteiger partial charge is 0.346 e. The lowest BCUT2D eigenvalue weighted by Gasteiger charge is -2.21. The molecule has 0 aliphatic heterocycles. The van der Waals surface area contributed by atoms with Crippen molar-refractivity contribution >= 4 is 39.8 Å². The van der Waals surface area contributed by atoms with Crippen LogP contribution in [0.3, 0.4) is 0 Å². The van der Waals surface area contributed by atoms with E-state index in [0.717, 1.165) is 29.9 Å². The molecule has 1 heterocycles. The molecular formula is C25H33N3OS2. The van der Waals surface area contributed by atoms with Gasteiger partial charge in [0, 0.05) is 61.7 Å². The number of hydrogen-bond acceptors (Lipinski definition) is 4. The van der Waals surface area contributed by atoms with Crippen LogP contribution in [0.1, 0.15) is 43.4 Å². The molecule has 2 aromatic carbocycles. The summed E-state index contributed by atoms with van der Waals surface area (Å²) in [4.78, 5) is 21.1. The highest BCUT2D eigenvalue weighted by Gasteiger charge is 2.16. The molecule has 0 spiro atoms. The van der Waals surface area contributed by atoms with Crippen LogP contribution in [0.25, 0.3) is 10.8 Å². The number of amides is 1. The first-order chi connectivity index (χ1) is 14.9. The number of hydrogen-bond donors (Lipinski definition) is 0. The normalized spacial score (nSPS) is 13.0. The predicted molar refractivity (Wildman–Crippen MR) is 134 cm³/mol. The van der Waals surface area contributed by atoms with Crippen molar-refractivity contribution in [3.05, 3.63) is 57.8 Å². The molecule has 6 heteroatoms. The summed E-state index contributed by atoms with van der Waals surface area (Å²) in [7, 11) is 5.84. The van der Waals surface area contributed by atoms with Gasteiger partial charge < -0.3 is 9.47 Å². The van der Waals surface area contributed by atoms with Crippen molar-refractivity contribution < 1.29 is 4.79 Å². The van der Waals surface area contributed by atoms with E-state index in [1.54, 1.807) is 23.1 Å². The minimum Gasteiger partial charge on any atom is -0.346 e. The van der Waals surface area contributed by atoms with E-state index in [1.165, 1.54) is 26.9 Å². The Morgan fingerprint density at radius 1 is 1.23 bits per heavy atom. The fourth-order valence-electron chi connectivity index (χ4n) is 3.87. The van der Waals surface area contributed by atoms with Crippen molar-refractivity contribution in [2.45, 2.75) is 43.9 Å². The Labute approximate surface area is 194 Å². The summed E-state index contributed by atoms with van der Waals surface area (Å²) in [6, 6.07) is 13.1. The van der Waals surface area contributed by atoms with Crippen LogP contribution < -0.4 is 4.80 Å². The summed E-state index contributed by atoms with van der Waals surface area (Å²) >= 11 is 3.44. The van der Waals surface area contributed by atoms with Gasteiger partial charge in [-0.3, -0.25) is 9.79 Å². The number of fused-ring (bicyclic) bond motifs is 1. The van der Waals surface area contributed by atoms with Crippen LogP contribution in [0.15, 0.2) is 51.7 Å². The minimum absolute atomic E-state index is 0.220. The Hall–Kier alpha value is -2.05. The SMILES string of the molecule is CCC(CCN(C)C(=O)CCSc1ccc2cc(C)ccc2c1)c1csc(=NC)n1C. The van der Waals surface area contributed by atoms with Crippen LogP contribution in [0.5, 0.6) is 0 Å². The van der Waals surface area contributed by atoms with Crippen LogP contribution >= 0.6 is 23.1 Å². The highest BCUT2D eigenvalue weighted by molar-refractivity contribution is 7.99. The van der Waals surface area contributed by atoms with Crippen LogP contribution in [0, 0.1) is 6.92 Å². The third-order valence-corrected chi connectivity index (χ3v) is 7.87. The summed E-state index contributed by atoms with van der Waals surface area (Å²) in [5.74, 6) is 1.47. The number of thioether (sulfide) groups is 1. The molecule has 0 fully saturated rings. The van der Waals surface area contributed by atoms with Gasteiger partial charge >= 0.3 is 0 Å². The molecular weight excluding hydrogens is 422 g/mol. The quantitative estimate of drug-likeness (QED) is 0.394. The molecule has 4 nitrogen and oxygen atoms in total. The summed E-state index contributed by atoms with van der Waals surface area (Å²) in [6.45, 7) is 5.12. The second-order valence-electron chi connectivity index (χ2n) is 8.05. The number of aryl methyl sites for hydroxylation is 1. The molecule has 0 N–H and O–H groups in total. The lowest BCUT2D eigenvalue weighted by molar-refractivity contribution is -0.129. The van der Waals surface area contributed by atoms with Gasteiger partial charge in [-0.05, 0) is 42.7 Å². The predicted octanol–water partition coefficient (Wildman–Crippen LogP) is 5.60. The Bertz CT molecular complexity index is 1100. The Morgan fingerprint density at radius 2 is 1.97 bits per heavy atom. The third kappa shape index (κ3) is 6.01. The van der Waals surface area contributed by atoms with Crippen molar-refractivity contribution in [3.63, 3.8) is 0 Å². The molecule has 3 aromatic rings. The van der Waals surface area contributed by atoms with Gasteiger partial charge in [0.05, 0.1) is 0 Å². The summed E-state index contributed by atoms with van der Waals surface area (Å²) in [6.07, 6.45) is 2.60. The Morgan fingerprint density at radius 3 is 2.68 bits per heavy atom. The average molecular weight is 456 g/mol. The first-order valence-corrected chi connectivity index (χ1v) is 12.7. The zero-order chi connectivity index (χ0) is 22.4. The van der Waals surface area contributed by atoms with Gasteiger partial charge in [0.1, 0.15) is 0 Å². The van der Waals surface area contributed by atoms with Gasteiger partial charge in [-0.1, -0.05) is 36.8 Å². The van der Waals surface area contributed by atoms with E-state index in [0.29, 0.717) is 12.3 Å². The van der Waals surface area contributed by atoms with E-state index in [-0.39, 0.29) is 5.91 Å². The fraction of sp³-hybridized carbons (Fsp3) is 0.440. The maximum atomic E-state index is 12.6. The van der Waals surface area contributed by atoms with E-state index in [9.17, 15) is 4.79 Å². The highest BCUT2D eigenvalue weighted by atomic mass is 32.2. The van der Waals surface area contributed by atoms with Gasteiger partial charge in [0.2, 0.25) is 5.91 Å². The Kier molecular flexibility index (Phi) is 8.38. The highest BCUT2D eigenvalue weighted by Crippen LogP contribution is 2.26. The number of thiazole rings is 1. The second kappa shape index (κ2) is 11.0. The molecule has 0 aliphatic carbocycles. The van der Waals surface area contributed by atoms with Crippen molar-refractivity contribution in [3.8, 4) is 0 Å². The van der Waals surface area contributed by atoms with Crippen LogP contribution in [0.2, 0.25) is 0 Å². The second-order valence-corrected chi connectivity index (χ2v) is 10.1. The topological polar surface area (TPSA) is 37.6 Å². The molecule has 0 aliphatic rings. The number of carbonyl (C=O) groups is 1. The zero-order valence-electron chi connectivity index (χ0n) is 19.2.